The van der Waals surface area contributed by atoms with E-state index in [1.165, 1.54) is 6.92 Å². The second-order valence-corrected chi connectivity index (χ2v) is 11.7. The molecule has 0 saturated carbocycles. The summed E-state index contributed by atoms with van der Waals surface area (Å²) in [5.74, 6) is 0.0424. The van der Waals surface area contributed by atoms with Crippen LogP contribution in [0.1, 0.15) is 73.7 Å². The minimum absolute atomic E-state index is 0.0202. The fourth-order valence-electron chi connectivity index (χ4n) is 4.76. The Morgan fingerprint density at radius 2 is 1.48 bits per heavy atom. The molecule has 10 nitrogen and oxygen atoms in total. The number of aliphatic hydroxyl groups is 1. The number of unbranched alkanes of at least 4 members (excludes halogenated alkanes) is 1. The standard InChI is InChI=1S/C33H39N3O7S/c1-22(38)35-27-14-16-29(17-15-27)44-21-28-18-30(25-10-8-24(20-37)9-11-25)43-33(42-28)26-12-6-23(7-13-26)19-34-31(39)4-2-3-5-32(40)36-41/h6-17,28,30,33,37,41H,2-5,18-21H2,1H3,(H,34,39)(H,35,38)(H,36,40)/t28-,30+,33+/m0/s1. The van der Waals surface area contributed by atoms with E-state index in [2.05, 4.69) is 10.6 Å². The Morgan fingerprint density at radius 3 is 2.11 bits per heavy atom. The van der Waals surface area contributed by atoms with Crippen molar-refractivity contribution >= 4 is 35.2 Å². The Bertz CT molecular complexity index is 1370. The number of rotatable bonds is 14. The second kappa shape index (κ2) is 16.9. The zero-order valence-corrected chi connectivity index (χ0v) is 25.5. The van der Waals surface area contributed by atoms with E-state index >= 15 is 0 Å². The van der Waals surface area contributed by atoms with Crippen LogP contribution in [0.3, 0.4) is 0 Å². The zero-order chi connectivity index (χ0) is 31.3. The average Bonchev–Trinajstić information content (AvgIpc) is 3.05. The number of carbonyl (C=O) groups is 3. The van der Waals surface area contributed by atoms with Gasteiger partial charge in [0.2, 0.25) is 17.7 Å². The third kappa shape index (κ3) is 10.5. The van der Waals surface area contributed by atoms with Gasteiger partial charge in [-0.2, -0.15) is 0 Å². The molecule has 0 spiro atoms. The fraction of sp³-hybridized carbons (Fsp3) is 0.364. The molecule has 0 bridgehead atoms. The lowest BCUT2D eigenvalue weighted by Gasteiger charge is -2.36. The van der Waals surface area contributed by atoms with E-state index in [4.69, 9.17) is 14.7 Å². The molecule has 3 amide bonds. The van der Waals surface area contributed by atoms with Crippen molar-refractivity contribution in [2.75, 3.05) is 11.1 Å². The summed E-state index contributed by atoms with van der Waals surface area (Å²) < 4.78 is 12.9. The Kier molecular flexibility index (Phi) is 12.8. The van der Waals surface area contributed by atoms with Crippen molar-refractivity contribution in [2.45, 2.75) is 75.6 Å². The minimum Gasteiger partial charge on any atom is -0.392 e. The molecule has 1 aliphatic rings. The number of thioether (sulfide) groups is 1. The molecule has 5 N–H and O–H groups in total. The van der Waals surface area contributed by atoms with Gasteiger partial charge in [0.1, 0.15) is 0 Å². The molecule has 0 aromatic heterocycles. The lowest BCUT2D eigenvalue weighted by molar-refractivity contribution is -0.245. The van der Waals surface area contributed by atoms with E-state index in [-0.39, 0.29) is 37.0 Å². The summed E-state index contributed by atoms with van der Waals surface area (Å²) in [7, 11) is 0. The van der Waals surface area contributed by atoms with E-state index in [9.17, 15) is 19.5 Å². The van der Waals surface area contributed by atoms with Crippen LogP contribution in [0.25, 0.3) is 0 Å². The van der Waals surface area contributed by atoms with Gasteiger partial charge in [-0.05, 0) is 53.8 Å². The molecule has 0 aliphatic carbocycles. The molecular weight excluding hydrogens is 582 g/mol. The summed E-state index contributed by atoms with van der Waals surface area (Å²) in [5, 5.41) is 23.7. The average molecular weight is 622 g/mol. The summed E-state index contributed by atoms with van der Waals surface area (Å²) in [6.45, 7) is 1.84. The maximum atomic E-state index is 12.2. The number of hydroxylamine groups is 1. The van der Waals surface area contributed by atoms with Crippen molar-refractivity contribution in [2.24, 2.45) is 0 Å². The molecule has 4 rings (SSSR count). The molecule has 44 heavy (non-hydrogen) atoms. The fourth-order valence-corrected chi connectivity index (χ4v) is 5.68. The van der Waals surface area contributed by atoms with Crippen LogP contribution in [0, 0.1) is 0 Å². The maximum Gasteiger partial charge on any atom is 0.243 e. The van der Waals surface area contributed by atoms with Gasteiger partial charge in [-0.1, -0.05) is 48.5 Å². The Labute approximate surface area is 261 Å². The predicted octanol–water partition coefficient (Wildman–Crippen LogP) is 5.16. The molecular formula is C33H39N3O7S. The molecule has 1 aliphatic heterocycles. The number of hydrogen-bond donors (Lipinski definition) is 5. The number of hydrogen-bond acceptors (Lipinski definition) is 8. The summed E-state index contributed by atoms with van der Waals surface area (Å²) in [6.07, 6.45) is 1.35. The van der Waals surface area contributed by atoms with Crippen LogP contribution in [0.2, 0.25) is 0 Å². The third-order valence-electron chi connectivity index (χ3n) is 7.15. The quantitative estimate of drug-likeness (QED) is 0.0719. The van der Waals surface area contributed by atoms with Crippen molar-refractivity contribution in [3.63, 3.8) is 0 Å². The molecule has 11 heteroatoms. The van der Waals surface area contributed by atoms with Crippen molar-refractivity contribution in [3.05, 3.63) is 95.1 Å². The zero-order valence-electron chi connectivity index (χ0n) is 24.7. The van der Waals surface area contributed by atoms with E-state index in [1.54, 1.807) is 17.2 Å². The van der Waals surface area contributed by atoms with Crippen LogP contribution in [0.4, 0.5) is 5.69 Å². The van der Waals surface area contributed by atoms with E-state index in [1.807, 2.05) is 72.8 Å². The van der Waals surface area contributed by atoms with Crippen LogP contribution in [-0.2, 0) is 37.0 Å². The molecule has 1 fully saturated rings. The van der Waals surface area contributed by atoms with Gasteiger partial charge in [-0.3, -0.25) is 19.6 Å². The largest absolute Gasteiger partial charge is 0.392 e. The van der Waals surface area contributed by atoms with Crippen molar-refractivity contribution in [3.8, 4) is 0 Å². The highest BCUT2D eigenvalue weighted by atomic mass is 32.2. The second-order valence-electron chi connectivity index (χ2n) is 10.6. The van der Waals surface area contributed by atoms with Crippen LogP contribution in [-0.4, -0.2) is 39.9 Å². The van der Waals surface area contributed by atoms with Crippen LogP contribution < -0.4 is 16.1 Å². The Hall–Kier alpha value is -3.74. The molecule has 3 aromatic rings. The smallest absolute Gasteiger partial charge is 0.243 e. The van der Waals surface area contributed by atoms with E-state index in [0.717, 1.165) is 32.8 Å². The molecule has 0 radical (unpaired) electrons. The van der Waals surface area contributed by atoms with E-state index < -0.39 is 12.2 Å². The number of nitrogens with one attached hydrogen (secondary N) is 3. The van der Waals surface area contributed by atoms with Crippen molar-refractivity contribution < 1.29 is 34.2 Å². The monoisotopic (exact) mass is 621 g/mol. The maximum absolute atomic E-state index is 12.2. The number of benzene rings is 3. The first kappa shape index (κ1) is 33.2. The highest BCUT2D eigenvalue weighted by Crippen LogP contribution is 2.39. The highest BCUT2D eigenvalue weighted by Gasteiger charge is 2.32. The lowest BCUT2D eigenvalue weighted by atomic mass is 10.0. The van der Waals surface area contributed by atoms with Gasteiger partial charge in [0, 0.05) is 54.6 Å². The lowest BCUT2D eigenvalue weighted by Crippen LogP contribution is -2.31. The number of ether oxygens (including phenoxy) is 2. The SMILES string of the molecule is CC(=O)Nc1ccc(SC[C@@H]2C[C@H](c3ccc(CO)cc3)O[C@H](c3ccc(CNC(=O)CCCCC(=O)NO)cc3)O2)cc1. The number of aliphatic hydroxyl groups excluding tert-OH is 1. The van der Waals surface area contributed by atoms with Crippen molar-refractivity contribution in [1.82, 2.24) is 10.8 Å². The summed E-state index contributed by atoms with van der Waals surface area (Å²) in [4.78, 5) is 35.6. The Balaban J connectivity index is 1.36. The van der Waals surface area contributed by atoms with Crippen LogP contribution in [0.5, 0.6) is 0 Å². The summed E-state index contributed by atoms with van der Waals surface area (Å²) >= 11 is 1.68. The Morgan fingerprint density at radius 1 is 0.841 bits per heavy atom. The van der Waals surface area contributed by atoms with Gasteiger partial charge in [0.15, 0.2) is 6.29 Å². The normalized spacial score (nSPS) is 17.9. The molecule has 1 heterocycles. The third-order valence-corrected chi connectivity index (χ3v) is 8.29. The number of amides is 3. The minimum atomic E-state index is -0.584. The van der Waals surface area contributed by atoms with E-state index in [0.29, 0.717) is 38.0 Å². The van der Waals surface area contributed by atoms with Gasteiger partial charge in [0.25, 0.3) is 0 Å². The first-order chi connectivity index (χ1) is 21.3. The molecule has 3 aromatic carbocycles. The topological polar surface area (TPSA) is 146 Å². The van der Waals surface area contributed by atoms with Gasteiger partial charge >= 0.3 is 0 Å². The molecule has 3 atom stereocenters. The molecule has 1 saturated heterocycles. The first-order valence-corrected chi connectivity index (χ1v) is 15.6. The van der Waals surface area contributed by atoms with Gasteiger partial charge in [-0.15, -0.1) is 11.8 Å². The van der Waals surface area contributed by atoms with Crippen molar-refractivity contribution in [1.29, 1.82) is 0 Å². The number of carbonyl (C=O) groups excluding carboxylic acids is 3. The predicted molar refractivity (Wildman–Crippen MR) is 167 cm³/mol. The molecule has 234 valence electrons. The summed E-state index contributed by atoms with van der Waals surface area (Å²) in [5.41, 5.74) is 6.00. The van der Waals surface area contributed by atoms with Crippen LogP contribution in [0.15, 0.2) is 77.7 Å². The first-order valence-electron chi connectivity index (χ1n) is 14.6. The van der Waals surface area contributed by atoms with Gasteiger partial charge in [-0.25, -0.2) is 5.48 Å². The number of anilines is 1. The highest BCUT2D eigenvalue weighted by molar-refractivity contribution is 7.99. The molecule has 0 unspecified atom stereocenters. The van der Waals surface area contributed by atoms with Crippen LogP contribution >= 0.6 is 11.8 Å². The summed E-state index contributed by atoms with van der Waals surface area (Å²) in [6, 6.07) is 23.3. The van der Waals surface area contributed by atoms with Gasteiger partial charge in [0.05, 0.1) is 18.8 Å². The van der Waals surface area contributed by atoms with Gasteiger partial charge < -0.3 is 25.2 Å².